The molecule has 3 rings (SSSR count). The first kappa shape index (κ1) is 19.9. The third kappa shape index (κ3) is 6.07. The van der Waals surface area contributed by atoms with Gasteiger partial charge in [0, 0.05) is 21.9 Å². The summed E-state index contributed by atoms with van der Waals surface area (Å²) in [6.45, 7) is 2.02. The molecule has 0 aliphatic rings. The Morgan fingerprint density at radius 3 is 2.70 bits per heavy atom. The van der Waals surface area contributed by atoms with Crippen LogP contribution in [0.15, 0.2) is 52.9 Å². The molecule has 0 saturated carbocycles. The van der Waals surface area contributed by atoms with Gasteiger partial charge in [-0.15, -0.1) is 10.2 Å². The van der Waals surface area contributed by atoms with Crippen molar-refractivity contribution in [1.82, 2.24) is 10.2 Å². The lowest BCUT2D eigenvalue weighted by Crippen LogP contribution is -2.07. The van der Waals surface area contributed by atoms with Gasteiger partial charge in [-0.2, -0.15) is 0 Å². The van der Waals surface area contributed by atoms with E-state index in [9.17, 15) is 4.79 Å². The Balaban J connectivity index is 1.54. The highest BCUT2D eigenvalue weighted by Crippen LogP contribution is 2.31. The first-order chi connectivity index (χ1) is 13.0. The largest absolute Gasteiger partial charge is 0.297 e. The Bertz CT molecular complexity index is 971. The van der Waals surface area contributed by atoms with E-state index in [0.717, 1.165) is 15.5 Å². The lowest BCUT2D eigenvalue weighted by atomic mass is 10.1. The van der Waals surface area contributed by atoms with Crippen molar-refractivity contribution in [3.8, 4) is 0 Å². The highest BCUT2D eigenvalue weighted by Gasteiger charge is 2.09. The Kier molecular flexibility index (Phi) is 6.90. The number of nitrogens with one attached hydrogen (secondary N) is 1. The average Bonchev–Trinajstić information content (AvgIpc) is 3.08. The molecule has 0 fully saturated rings. The quantitative estimate of drug-likeness (QED) is 0.288. The van der Waals surface area contributed by atoms with Crippen LogP contribution >= 0.6 is 46.3 Å². The number of aromatic nitrogens is 2. The van der Waals surface area contributed by atoms with Crippen molar-refractivity contribution in [2.45, 2.75) is 17.0 Å². The summed E-state index contributed by atoms with van der Waals surface area (Å²) < 4.78 is 0.749. The number of carbonyl (C=O) groups excluding carboxylic acids is 1. The maximum Gasteiger partial charge on any atom is 0.250 e. The number of carbonyl (C=O) groups is 1. The predicted octanol–water partition coefficient (Wildman–Crippen LogP) is 6.10. The molecular weight excluding hydrogens is 421 g/mol. The second-order valence-corrected chi connectivity index (χ2v) is 8.67. The highest BCUT2D eigenvalue weighted by molar-refractivity contribution is 8.00. The molecule has 138 valence electrons. The normalized spacial score (nSPS) is 11.1. The molecule has 27 heavy (non-hydrogen) atoms. The third-order valence-corrected chi connectivity index (χ3v) is 6.12. The molecule has 2 aromatic carbocycles. The van der Waals surface area contributed by atoms with Gasteiger partial charge in [-0.25, -0.2) is 0 Å². The predicted molar refractivity (Wildman–Crippen MR) is 115 cm³/mol. The summed E-state index contributed by atoms with van der Waals surface area (Å²) in [7, 11) is 0. The van der Waals surface area contributed by atoms with Crippen molar-refractivity contribution in [3.05, 3.63) is 75.3 Å². The second-order valence-electron chi connectivity index (χ2n) is 5.63. The minimum Gasteiger partial charge on any atom is -0.297 e. The molecule has 1 amide bonds. The maximum atomic E-state index is 12.0. The number of nitrogens with zero attached hydrogens (tertiary/aromatic N) is 2. The summed E-state index contributed by atoms with van der Waals surface area (Å²) >= 11 is 14.9. The highest BCUT2D eigenvalue weighted by atomic mass is 35.5. The van der Waals surface area contributed by atoms with E-state index >= 15 is 0 Å². The van der Waals surface area contributed by atoms with E-state index in [-0.39, 0.29) is 5.91 Å². The Hall–Kier alpha value is -1.86. The number of amides is 1. The summed E-state index contributed by atoms with van der Waals surface area (Å²) in [5, 5.41) is 12.5. The molecule has 8 heteroatoms. The second kappa shape index (κ2) is 9.37. The van der Waals surface area contributed by atoms with Crippen molar-refractivity contribution >= 4 is 63.4 Å². The van der Waals surface area contributed by atoms with Gasteiger partial charge in [0.2, 0.25) is 11.0 Å². The van der Waals surface area contributed by atoms with Crippen LogP contribution in [-0.2, 0) is 10.5 Å². The van der Waals surface area contributed by atoms with Crippen LogP contribution in [0.1, 0.15) is 16.7 Å². The molecule has 0 bridgehead atoms. The SMILES string of the molecule is Cc1ccc(C=CC(=O)Nc2nnc(SCc3ccc(Cl)cc3Cl)s2)cc1. The molecule has 0 aliphatic carbocycles. The van der Waals surface area contributed by atoms with Gasteiger partial charge in [0.05, 0.1) is 0 Å². The number of hydrogen-bond acceptors (Lipinski definition) is 5. The molecule has 3 aromatic rings. The summed E-state index contributed by atoms with van der Waals surface area (Å²) in [5.74, 6) is 0.398. The smallest absolute Gasteiger partial charge is 0.250 e. The van der Waals surface area contributed by atoms with Gasteiger partial charge in [-0.05, 0) is 36.3 Å². The number of rotatable bonds is 6. The zero-order valence-electron chi connectivity index (χ0n) is 14.3. The molecule has 0 radical (unpaired) electrons. The fourth-order valence-electron chi connectivity index (χ4n) is 2.09. The van der Waals surface area contributed by atoms with E-state index in [1.165, 1.54) is 34.7 Å². The number of halogens is 2. The molecule has 0 unspecified atom stereocenters. The Morgan fingerprint density at radius 1 is 1.19 bits per heavy atom. The first-order valence-electron chi connectivity index (χ1n) is 7.95. The fourth-order valence-corrected chi connectivity index (χ4v) is 4.41. The standard InChI is InChI=1S/C19H15Cl2N3OS2/c1-12-2-4-13(5-3-12)6-9-17(25)22-18-23-24-19(27-18)26-11-14-7-8-15(20)10-16(14)21/h2-10H,11H2,1H3,(H,22,23,25). The molecule has 0 aliphatic heterocycles. The molecule has 4 nitrogen and oxygen atoms in total. The topological polar surface area (TPSA) is 54.9 Å². The lowest BCUT2D eigenvalue weighted by Gasteiger charge is -2.02. The summed E-state index contributed by atoms with van der Waals surface area (Å²) in [6, 6.07) is 13.3. The molecule has 1 heterocycles. The van der Waals surface area contributed by atoms with E-state index in [1.54, 1.807) is 18.2 Å². The summed E-state index contributed by atoms with van der Waals surface area (Å²) in [6.07, 6.45) is 3.24. The molecule has 0 saturated heterocycles. The monoisotopic (exact) mass is 435 g/mol. The number of aryl methyl sites for hydroxylation is 1. The van der Waals surface area contributed by atoms with Gasteiger partial charge < -0.3 is 0 Å². The van der Waals surface area contributed by atoms with Crippen LogP contribution in [0.4, 0.5) is 5.13 Å². The van der Waals surface area contributed by atoms with Crippen LogP contribution in [-0.4, -0.2) is 16.1 Å². The van der Waals surface area contributed by atoms with E-state index in [2.05, 4.69) is 15.5 Å². The van der Waals surface area contributed by atoms with Gasteiger partial charge >= 0.3 is 0 Å². The fraction of sp³-hybridized carbons (Fsp3) is 0.105. The van der Waals surface area contributed by atoms with Gasteiger partial charge in [0.1, 0.15) is 0 Å². The van der Waals surface area contributed by atoms with E-state index in [0.29, 0.717) is 20.9 Å². The third-order valence-electron chi connectivity index (χ3n) is 3.51. The van der Waals surface area contributed by atoms with Crippen LogP contribution in [0, 0.1) is 6.92 Å². The van der Waals surface area contributed by atoms with Crippen molar-refractivity contribution in [3.63, 3.8) is 0 Å². The maximum absolute atomic E-state index is 12.0. The first-order valence-corrected chi connectivity index (χ1v) is 10.5. The average molecular weight is 436 g/mol. The summed E-state index contributed by atoms with van der Waals surface area (Å²) in [4.78, 5) is 12.0. The van der Waals surface area contributed by atoms with Gasteiger partial charge in [0.15, 0.2) is 4.34 Å². The minimum atomic E-state index is -0.246. The van der Waals surface area contributed by atoms with Crippen LogP contribution in [0.3, 0.4) is 0 Å². The van der Waals surface area contributed by atoms with Crippen molar-refractivity contribution in [2.75, 3.05) is 5.32 Å². The Labute approximate surface area is 175 Å². The number of anilines is 1. The lowest BCUT2D eigenvalue weighted by molar-refractivity contribution is -0.111. The van der Waals surface area contributed by atoms with E-state index in [1.807, 2.05) is 37.3 Å². The Morgan fingerprint density at radius 2 is 1.96 bits per heavy atom. The molecule has 0 atom stereocenters. The van der Waals surface area contributed by atoms with Crippen LogP contribution < -0.4 is 5.32 Å². The molecule has 0 spiro atoms. The number of hydrogen-bond donors (Lipinski definition) is 1. The van der Waals surface area contributed by atoms with Crippen molar-refractivity contribution < 1.29 is 4.79 Å². The van der Waals surface area contributed by atoms with Gasteiger partial charge in [0.25, 0.3) is 0 Å². The summed E-state index contributed by atoms with van der Waals surface area (Å²) in [5.41, 5.74) is 3.10. The number of benzene rings is 2. The van der Waals surface area contributed by atoms with Crippen LogP contribution in [0.25, 0.3) is 6.08 Å². The van der Waals surface area contributed by atoms with E-state index < -0.39 is 0 Å². The minimum absolute atomic E-state index is 0.246. The molecule has 1 aromatic heterocycles. The zero-order valence-corrected chi connectivity index (χ0v) is 17.4. The van der Waals surface area contributed by atoms with Crippen molar-refractivity contribution in [1.29, 1.82) is 0 Å². The van der Waals surface area contributed by atoms with E-state index in [4.69, 9.17) is 23.2 Å². The van der Waals surface area contributed by atoms with Crippen LogP contribution in [0.5, 0.6) is 0 Å². The van der Waals surface area contributed by atoms with Gasteiger partial charge in [-0.1, -0.05) is 82.2 Å². The number of thioether (sulfide) groups is 1. The molecular formula is C19H15Cl2N3OS2. The van der Waals surface area contributed by atoms with Crippen molar-refractivity contribution in [2.24, 2.45) is 0 Å². The molecule has 1 N–H and O–H groups in total. The zero-order chi connectivity index (χ0) is 19.2. The van der Waals surface area contributed by atoms with Crippen LogP contribution in [0.2, 0.25) is 10.0 Å². The van der Waals surface area contributed by atoms with Gasteiger partial charge in [-0.3, -0.25) is 10.1 Å².